The Bertz CT molecular complexity index is 1580. The third-order valence-corrected chi connectivity index (χ3v) is 8.33. The first-order valence-corrected chi connectivity index (χ1v) is 14.2. The number of methoxy groups -OCH3 is 1. The lowest BCUT2D eigenvalue weighted by molar-refractivity contribution is 0.0587. The second-order valence-electron chi connectivity index (χ2n) is 10.8. The van der Waals surface area contributed by atoms with Gasteiger partial charge in [0.15, 0.2) is 5.65 Å². The smallest absolute Gasteiger partial charge is 0.376 e. The van der Waals surface area contributed by atoms with Crippen LogP contribution in [0.4, 0.5) is 17.5 Å². The number of aromatic nitrogens is 5. The third-order valence-electron chi connectivity index (χ3n) is 8.33. The molecule has 0 saturated carbocycles. The SMILES string of the molecule is COC(=O)c1nc(N2CCCCC2c2cc3nc(N4CCC4)cc(N4CCOCC4)n3n2)c2c(C)cccc2n1. The van der Waals surface area contributed by atoms with E-state index >= 15 is 0 Å². The van der Waals surface area contributed by atoms with Crippen LogP contribution < -0.4 is 14.7 Å². The Morgan fingerprint density at radius 1 is 0.975 bits per heavy atom. The van der Waals surface area contributed by atoms with E-state index in [4.69, 9.17) is 24.5 Å². The summed E-state index contributed by atoms with van der Waals surface area (Å²) in [5, 5.41) is 6.14. The number of hydrogen-bond acceptors (Lipinski definition) is 10. The summed E-state index contributed by atoms with van der Waals surface area (Å²) in [6.07, 6.45) is 4.25. The summed E-state index contributed by atoms with van der Waals surface area (Å²) < 4.78 is 12.6. The monoisotopic (exact) mass is 542 g/mol. The molecule has 0 aliphatic carbocycles. The molecule has 3 aliphatic heterocycles. The number of nitrogens with zero attached hydrogens (tertiary/aromatic N) is 8. The first kappa shape index (κ1) is 25.0. The van der Waals surface area contributed by atoms with Gasteiger partial charge in [0.05, 0.1) is 37.6 Å². The first-order chi connectivity index (χ1) is 19.6. The zero-order valence-corrected chi connectivity index (χ0v) is 23.0. The Balaban J connectivity index is 1.35. The average Bonchev–Trinajstić information content (AvgIpc) is 3.39. The van der Waals surface area contributed by atoms with E-state index in [0.717, 1.165) is 97.2 Å². The maximum Gasteiger partial charge on any atom is 0.376 e. The number of rotatable bonds is 5. The highest BCUT2D eigenvalue weighted by Crippen LogP contribution is 2.39. The number of fused-ring (bicyclic) bond motifs is 2. The van der Waals surface area contributed by atoms with Crippen molar-refractivity contribution in [2.75, 3.05) is 67.7 Å². The van der Waals surface area contributed by atoms with Crippen molar-refractivity contribution in [1.82, 2.24) is 24.6 Å². The summed E-state index contributed by atoms with van der Waals surface area (Å²) in [7, 11) is 1.36. The number of hydrogen-bond donors (Lipinski definition) is 0. The number of carbonyl (C=O) groups is 1. The number of esters is 1. The molecule has 0 bridgehead atoms. The number of piperidine rings is 1. The lowest BCUT2D eigenvalue weighted by Gasteiger charge is -2.36. The van der Waals surface area contributed by atoms with Crippen LogP contribution in [0.2, 0.25) is 0 Å². The van der Waals surface area contributed by atoms with Crippen molar-refractivity contribution in [2.24, 2.45) is 0 Å². The summed E-state index contributed by atoms with van der Waals surface area (Å²) in [4.78, 5) is 33.9. The van der Waals surface area contributed by atoms with Gasteiger partial charge in [-0.15, -0.1) is 0 Å². The number of benzene rings is 1. The molecule has 3 fully saturated rings. The lowest BCUT2D eigenvalue weighted by Crippen LogP contribution is -2.40. The molecule has 3 saturated heterocycles. The van der Waals surface area contributed by atoms with Crippen molar-refractivity contribution in [3.63, 3.8) is 0 Å². The average molecular weight is 543 g/mol. The molecular weight excluding hydrogens is 508 g/mol. The summed E-state index contributed by atoms with van der Waals surface area (Å²) in [5.74, 6) is 2.36. The summed E-state index contributed by atoms with van der Waals surface area (Å²) in [6, 6.07) is 10.3. The molecule has 3 aromatic heterocycles. The number of aryl methyl sites for hydroxylation is 1. The van der Waals surface area contributed by atoms with Gasteiger partial charge in [0, 0.05) is 50.2 Å². The predicted octanol–water partition coefficient (Wildman–Crippen LogP) is 3.55. The zero-order chi connectivity index (χ0) is 27.2. The fourth-order valence-electron chi connectivity index (χ4n) is 6.07. The summed E-state index contributed by atoms with van der Waals surface area (Å²) >= 11 is 0. The summed E-state index contributed by atoms with van der Waals surface area (Å²) in [6.45, 7) is 8.00. The molecule has 0 N–H and O–H groups in total. The standard InChI is InChI=1S/C29H34N8O3/c1-19-7-5-8-20-26(19)28(32-27(30-20)29(38)39-2)36-12-4-3-9-22(36)21-17-24-31-23(34-10-6-11-34)18-25(37(24)33-21)35-13-15-40-16-14-35/h5,7-8,17-18,22H,3-4,6,9-16H2,1-2H3. The van der Waals surface area contributed by atoms with Crippen LogP contribution in [-0.4, -0.2) is 83.6 Å². The number of morpholine rings is 1. The van der Waals surface area contributed by atoms with Crippen LogP contribution in [0.5, 0.6) is 0 Å². The van der Waals surface area contributed by atoms with Gasteiger partial charge in [-0.2, -0.15) is 9.61 Å². The minimum absolute atomic E-state index is 0.0105. The van der Waals surface area contributed by atoms with Gasteiger partial charge in [-0.1, -0.05) is 12.1 Å². The third kappa shape index (κ3) is 4.28. The number of anilines is 3. The normalized spacial score (nSPS) is 19.8. The van der Waals surface area contributed by atoms with Gasteiger partial charge in [0.1, 0.15) is 17.5 Å². The highest BCUT2D eigenvalue weighted by atomic mass is 16.5. The topological polar surface area (TPSA) is 101 Å². The van der Waals surface area contributed by atoms with E-state index in [9.17, 15) is 4.79 Å². The Kier molecular flexibility index (Phi) is 6.38. The maximum atomic E-state index is 12.5. The molecule has 7 rings (SSSR count). The van der Waals surface area contributed by atoms with Gasteiger partial charge >= 0.3 is 5.97 Å². The van der Waals surface area contributed by atoms with Crippen LogP contribution in [0.3, 0.4) is 0 Å². The van der Waals surface area contributed by atoms with Crippen molar-refractivity contribution in [3.05, 3.63) is 47.4 Å². The van der Waals surface area contributed by atoms with E-state index in [1.54, 1.807) is 0 Å². The Hall–Kier alpha value is -3.99. The van der Waals surface area contributed by atoms with Gasteiger partial charge in [-0.25, -0.2) is 19.7 Å². The van der Waals surface area contributed by atoms with Crippen LogP contribution in [0.15, 0.2) is 30.3 Å². The molecular formula is C29H34N8O3. The van der Waals surface area contributed by atoms with E-state index < -0.39 is 5.97 Å². The molecule has 4 aromatic rings. The maximum absolute atomic E-state index is 12.5. The fraction of sp³-hybridized carbons (Fsp3) is 0.483. The Labute approximate surface area is 232 Å². The molecule has 0 radical (unpaired) electrons. The van der Waals surface area contributed by atoms with E-state index in [1.807, 2.05) is 16.6 Å². The van der Waals surface area contributed by atoms with Gasteiger partial charge in [-0.3, -0.25) is 0 Å². The fourth-order valence-corrected chi connectivity index (χ4v) is 6.07. The van der Waals surface area contributed by atoms with E-state index in [-0.39, 0.29) is 11.9 Å². The molecule has 3 aliphatic rings. The molecule has 1 unspecified atom stereocenters. The second-order valence-corrected chi connectivity index (χ2v) is 10.8. The molecule has 1 aromatic carbocycles. The van der Waals surface area contributed by atoms with E-state index in [1.165, 1.54) is 13.5 Å². The quantitative estimate of drug-likeness (QED) is 0.348. The lowest BCUT2D eigenvalue weighted by atomic mass is 9.98. The molecule has 40 heavy (non-hydrogen) atoms. The molecule has 1 atom stereocenters. The Morgan fingerprint density at radius 3 is 2.60 bits per heavy atom. The molecule has 0 amide bonds. The number of ether oxygens (including phenoxy) is 2. The summed E-state index contributed by atoms with van der Waals surface area (Å²) in [5.41, 5.74) is 3.62. The highest BCUT2D eigenvalue weighted by molar-refractivity contribution is 5.96. The number of carbonyl (C=O) groups excluding carboxylic acids is 1. The largest absolute Gasteiger partial charge is 0.463 e. The van der Waals surface area contributed by atoms with Crippen molar-refractivity contribution in [3.8, 4) is 0 Å². The van der Waals surface area contributed by atoms with Crippen molar-refractivity contribution < 1.29 is 14.3 Å². The van der Waals surface area contributed by atoms with Gasteiger partial charge in [-0.05, 0) is 44.2 Å². The Morgan fingerprint density at radius 2 is 1.82 bits per heavy atom. The highest BCUT2D eigenvalue weighted by Gasteiger charge is 2.31. The molecule has 6 heterocycles. The van der Waals surface area contributed by atoms with Crippen LogP contribution in [-0.2, 0) is 9.47 Å². The predicted molar refractivity (Wildman–Crippen MR) is 152 cm³/mol. The first-order valence-electron chi connectivity index (χ1n) is 14.2. The van der Waals surface area contributed by atoms with Crippen LogP contribution in [0.1, 0.15) is 53.6 Å². The minimum atomic E-state index is -0.538. The van der Waals surface area contributed by atoms with Crippen LogP contribution in [0.25, 0.3) is 16.6 Å². The molecule has 11 nitrogen and oxygen atoms in total. The van der Waals surface area contributed by atoms with Gasteiger partial charge in [0.25, 0.3) is 0 Å². The van der Waals surface area contributed by atoms with Crippen LogP contribution in [0, 0.1) is 6.92 Å². The van der Waals surface area contributed by atoms with Crippen LogP contribution >= 0.6 is 0 Å². The molecule has 208 valence electrons. The van der Waals surface area contributed by atoms with Crippen molar-refractivity contribution in [2.45, 2.75) is 38.6 Å². The zero-order valence-electron chi connectivity index (χ0n) is 23.0. The van der Waals surface area contributed by atoms with Crippen molar-refractivity contribution in [1.29, 1.82) is 0 Å². The second kappa shape index (κ2) is 10.2. The molecule has 11 heteroatoms. The van der Waals surface area contributed by atoms with E-state index in [0.29, 0.717) is 13.2 Å². The minimum Gasteiger partial charge on any atom is -0.463 e. The van der Waals surface area contributed by atoms with Crippen molar-refractivity contribution >= 4 is 40.0 Å². The van der Waals surface area contributed by atoms with Gasteiger partial charge < -0.3 is 24.2 Å². The molecule has 0 spiro atoms. The van der Waals surface area contributed by atoms with E-state index in [2.05, 4.69) is 44.8 Å². The van der Waals surface area contributed by atoms with Gasteiger partial charge in [0.2, 0.25) is 5.82 Å².